The molecule has 0 bridgehead atoms. The lowest BCUT2D eigenvalue weighted by Gasteiger charge is -2.04. The van der Waals surface area contributed by atoms with Gasteiger partial charge in [0.25, 0.3) is 0 Å². The van der Waals surface area contributed by atoms with Crippen LogP contribution in [0.25, 0.3) is 32.1 Å². The molecule has 4 heterocycles. The van der Waals surface area contributed by atoms with Crippen LogP contribution < -0.4 is 0 Å². The Morgan fingerprint density at radius 2 is 2.15 bits per heavy atom. The maximum Gasteiger partial charge on any atom is 0.176 e. The summed E-state index contributed by atoms with van der Waals surface area (Å²) in [5, 5.41) is 1.85. The molecule has 0 aromatic carbocycles. The van der Waals surface area contributed by atoms with Gasteiger partial charge in [0.2, 0.25) is 0 Å². The smallest absolute Gasteiger partial charge is 0.176 e. The van der Waals surface area contributed by atoms with E-state index < -0.39 is 0 Å². The number of furan rings is 1. The molecule has 0 saturated heterocycles. The fourth-order valence-corrected chi connectivity index (χ4v) is 3.76. The van der Waals surface area contributed by atoms with Crippen LogP contribution in [0.3, 0.4) is 0 Å². The highest BCUT2D eigenvalue weighted by atomic mass is 32.1. The molecule has 0 atom stereocenters. The molecule has 6 nitrogen and oxygen atoms in total. The third kappa shape index (κ3) is 2.72. The molecule has 0 spiro atoms. The van der Waals surface area contributed by atoms with Gasteiger partial charge in [0.05, 0.1) is 22.5 Å². The van der Waals surface area contributed by atoms with Gasteiger partial charge < -0.3 is 4.42 Å². The summed E-state index contributed by atoms with van der Waals surface area (Å²) in [5.41, 5.74) is 3.94. The van der Waals surface area contributed by atoms with Crippen molar-refractivity contribution in [3.05, 3.63) is 54.3 Å². The van der Waals surface area contributed by atoms with Crippen LogP contribution in [0.4, 0.5) is 0 Å². The topological polar surface area (TPSA) is 76.5 Å². The molecule has 4 aromatic rings. The maximum atomic E-state index is 5.58. The maximum absolute atomic E-state index is 5.58. The molecular weight excluding hydrogens is 346 g/mol. The second kappa shape index (κ2) is 6.61. The first-order valence-electron chi connectivity index (χ1n) is 7.91. The predicted molar refractivity (Wildman–Crippen MR) is 105 cm³/mol. The van der Waals surface area contributed by atoms with E-state index in [0.29, 0.717) is 17.1 Å². The number of hydrogen-bond donors (Lipinski definition) is 0. The highest BCUT2D eigenvalue weighted by Gasteiger charge is 2.18. The molecule has 4 rings (SSSR count). The summed E-state index contributed by atoms with van der Waals surface area (Å²) in [6.45, 7) is 5.56. The lowest BCUT2D eigenvalue weighted by Crippen LogP contribution is -2.02. The number of aryl methyl sites for hydroxylation is 1. The van der Waals surface area contributed by atoms with Gasteiger partial charge >= 0.3 is 0 Å². The predicted octanol–water partition coefficient (Wildman–Crippen LogP) is 4.40. The summed E-state index contributed by atoms with van der Waals surface area (Å²) >= 11 is 1.58. The second-order valence-corrected chi connectivity index (χ2v) is 6.57. The molecule has 0 saturated carbocycles. The van der Waals surface area contributed by atoms with Crippen LogP contribution in [0.15, 0.2) is 57.3 Å². The minimum atomic E-state index is 0.446. The van der Waals surface area contributed by atoms with Gasteiger partial charge in [-0.3, -0.25) is 9.98 Å². The molecule has 0 aliphatic carbocycles. The van der Waals surface area contributed by atoms with Crippen LogP contribution in [0.2, 0.25) is 0 Å². The number of aromatic nitrogens is 3. The largest absolute Gasteiger partial charge is 0.462 e. The molecular formula is C19H15N5OS. The number of rotatable bonds is 3. The number of thiazole rings is 1. The Balaban J connectivity index is 1.90. The van der Waals surface area contributed by atoms with Gasteiger partial charge in [-0.05, 0) is 37.9 Å². The van der Waals surface area contributed by atoms with Crippen LogP contribution in [0.5, 0.6) is 0 Å². The Morgan fingerprint density at radius 1 is 1.27 bits per heavy atom. The molecule has 7 heteroatoms. The van der Waals surface area contributed by atoms with Crippen molar-refractivity contribution < 1.29 is 4.42 Å². The fraction of sp³-hybridized carbons (Fsp3) is 0.105. The monoisotopic (exact) mass is 361 g/mol. The van der Waals surface area contributed by atoms with Crippen molar-refractivity contribution in [2.24, 2.45) is 9.98 Å². The number of hydrogen-bond acceptors (Lipinski definition) is 6. The highest BCUT2D eigenvalue weighted by Crippen LogP contribution is 2.36. The van der Waals surface area contributed by atoms with Crippen molar-refractivity contribution in [2.75, 3.05) is 7.05 Å². The average molecular weight is 361 g/mol. The van der Waals surface area contributed by atoms with E-state index >= 15 is 0 Å². The number of pyridine rings is 2. The van der Waals surface area contributed by atoms with E-state index in [-0.39, 0.29) is 0 Å². The molecule has 0 fully saturated rings. The van der Waals surface area contributed by atoms with Crippen molar-refractivity contribution in [3.8, 4) is 21.1 Å². The van der Waals surface area contributed by atoms with Gasteiger partial charge in [-0.1, -0.05) is 0 Å². The summed E-state index contributed by atoms with van der Waals surface area (Å²) in [7, 11) is 1.66. The van der Waals surface area contributed by atoms with E-state index in [9.17, 15) is 0 Å². The third-order valence-electron chi connectivity index (χ3n) is 3.95. The highest BCUT2D eigenvalue weighted by molar-refractivity contribution is 7.18. The van der Waals surface area contributed by atoms with Gasteiger partial charge in [0, 0.05) is 30.4 Å². The molecule has 26 heavy (non-hydrogen) atoms. The van der Waals surface area contributed by atoms with Crippen LogP contribution in [-0.4, -0.2) is 34.6 Å². The zero-order valence-electron chi connectivity index (χ0n) is 14.3. The van der Waals surface area contributed by atoms with Crippen molar-refractivity contribution in [1.82, 2.24) is 15.0 Å². The zero-order valence-corrected chi connectivity index (χ0v) is 15.1. The normalized spacial score (nSPS) is 11.8. The van der Waals surface area contributed by atoms with E-state index in [0.717, 1.165) is 32.2 Å². The van der Waals surface area contributed by atoms with Gasteiger partial charge in [-0.25, -0.2) is 15.0 Å². The minimum absolute atomic E-state index is 0.446. The second-order valence-electron chi connectivity index (χ2n) is 5.58. The number of aliphatic imine (C=N–C) groups is 2. The third-order valence-corrected chi connectivity index (χ3v) is 5.18. The SMILES string of the molecule is C=NC(=NC)c1nc(-c2sc(-c3cccnc3)nc2C)cc2ccoc12. The molecule has 0 aliphatic heterocycles. The Hall–Kier alpha value is -3.19. The van der Waals surface area contributed by atoms with Gasteiger partial charge in [-0.2, -0.15) is 0 Å². The van der Waals surface area contributed by atoms with Crippen LogP contribution in [0, 0.1) is 6.92 Å². The average Bonchev–Trinajstić information content (AvgIpc) is 3.29. The summed E-state index contributed by atoms with van der Waals surface area (Å²) in [6.07, 6.45) is 5.19. The summed E-state index contributed by atoms with van der Waals surface area (Å²) < 4.78 is 5.58. The first-order chi connectivity index (χ1) is 12.7. The first-order valence-corrected chi connectivity index (χ1v) is 8.73. The van der Waals surface area contributed by atoms with E-state index in [4.69, 9.17) is 9.40 Å². The first kappa shape index (κ1) is 16.3. The Morgan fingerprint density at radius 3 is 2.88 bits per heavy atom. The van der Waals surface area contributed by atoms with Gasteiger partial charge in [0.15, 0.2) is 17.1 Å². The Kier molecular flexibility index (Phi) is 4.14. The minimum Gasteiger partial charge on any atom is -0.462 e. The number of fused-ring (bicyclic) bond motifs is 1. The summed E-state index contributed by atoms with van der Waals surface area (Å²) in [5.74, 6) is 0.446. The van der Waals surface area contributed by atoms with E-state index in [2.05, 4.69) is 26.7 Å². The lowest BCUT2D eigenvalue weighted by molar-refractivity contribution is 0.613. The number of amidine groups is 1. The van der Waals surface area contributed by atoms with E-state index in [1.807, 2.05) is 37.4 Å². The molecule has 0 unspecified atom stereocenters. The summed E-state index contributed by atoms with van der Waals surface area (Å²) in [4.78, 5) is 22.7. The van der Waals surface area contributed by atoms with E-state index in [1.54, 1.807) is 30.8 Å². The van der Waals surface area contributed by atoms with Crippen molar-refractivity contribution in [1.29, 1.82) is 0 Å². The van der Waals surface area contributed by atoms with Crippen LogP contribution in [-0.2, 0) is 0 Å². The quantitative estimate of drug-likeness (QED) is 0.400. The van der Waals surface area contributed by atoms with Gasteiger partial charge in [0.1, 0.15) is 5.01 Å². The van der Waals surface area contributed by atoms with Crippen LogP contribution >= 0.6 is 11.3 Å². The molecule has 128 valence electrons. The number of nitrogens with zero attached hydrogens (tertiary/aromatic N) is 5. The molecule has 0 radical (unpaired) electrons. The summed E-state index contributed by atoms with van der Waals surface area (Å²) in [6, 6.07) is 7.79. The van der Waals surface area contributed by atoms with Crippen molar-refractivity contribution in [2.45, 2.75) is 6.92 Å². The van der Waals surface area contributed by atoms with Crippen molar-refractivity contribution >= 4 is 34.9 Å². The standard InChI is InChI=1S/C19H15N5OS/c1-11-17(26-19(23-11)13-5-4-7-22-10-13)14-9-12-6-8-25-16(12)15(24-14)18(20-2)21-3/h4-10H,2H2,1,3H3. The Bertz CT molecular complexity index is 1130. The van der Waals surface area contributed by atoms with Crippen molar-refractivity contribution in [3.63, 3.8) is 0 Å². The Labute approximate surface area is 154 Å². The van der Waals surface area contributed by atoms with E-state index in [1.165, 1.54) is 0 Å². The van der Waals surface area contributed by atoms with Crippen LogP contribution in [0.1, 0.15) is 11.4 Å². The molecule has 0 amide bonds. The zero-order chi connectivity index (χ0) is 18.1. The lowest BCUT2D eigenvalue weighted by atomic mass is 10.2. The molecule has 0 aliphatic rings. The van der Waals surface area contributed by atoms with Gasteiger partial charge in [-0.15, -0.1) is 11.3 Å². The fourth-order valence-electron chi connectivity index (χ4n) is 2.74. The molecule has 4 aromatic heterocycles. The molecule has 0 N–H and O–H groups in total.